The van der Waals surface area contributed by atoms with Crippen molar-refractivity contribution >= 4 is 34.7 Å². The number of carbonyl (C=O) groups is 1. The van der Waals surface area contributed by atoms with E-state index in [9.17, 15) is 14.9 Å². The minimum Gasteiger partial charge on any atom is -0.294 e. The van der Waals surface area contributed by atoms with E-state index in [1.807, 2.05) is 0 Å². The van der Waals surface area contributed by atoms with Crippen LogP contribution < -0.4 is 0 Å². The molecule has 0 atom stereocenters. The first-order valence-corrected chi connectivity index (χ1v) is 6.45. The van der Waals surface area contributed by atoms with E-state index in [0.717, 1.165) is 0 Å². The summed E-state index contributed by atoms with van der Waals surface area (Å²) in [5.74, 6) is -0.227. The van der Waals surface area contributed by atoms with Crippen LogP contribution in [0.15, 0.2) is 42.5 Å². The maximum absolute atomic E-state index is 12.2. The predicted octanol–water partition coefficient (Wildman–Crippen LogP) is 4.33. The van der Waals surface area contributed by atoms with E-state index in [1.54, 1.807) is 30.3 Å². The van der Waals surface area contributed by atoms with Crippen molar-refractivity contribution in [1.82, 2.24) is 0 Å². The van der Waals surface area contributed by atoms with E-state index in [0.29, 0.717) is 15.6 Å². The van der Waals surface area contributed by atoms with Gasteiger partial charge in [-0.3, -0.25) is 14.9 Å². The minimum absolute atomic E-state index is 0.0167. The number of Topliss-reactive ketones (excluding diaryl/α,β-unsaturated/α-hetero) is 1. The van der Waals surface area contributed by atoms with Gasteiger partial charge in [0.15, 0.2) is 5.78 Å². The third-order valence-corrected chi connectivity index (χ3v) is 3.38. The summed E-state index contributed by atoms with van der Waals surface area (Å²) in [4.78, 5) is 22.2. The van der Waals surface area contributed by atoms with Crippen molar-refractivity contribution in [3.63, 3.8) is 0 Å². The summed E-state index contributed by atoms with van der Waals surface area (Å²) in [5, 5.41) is 11.1. The molecule has 0 fully saturated rings. The molecule has 0 amide bonds. The highest BCUT2D eigenvalue weighted by Crippen LogP contribution is 2.26. The first-order chi connectivity index (χ1) is 9.49. The van der Waals surface area contributed by atoms with Crippen molar-refractivity contribution in [1.29, 1.82) is 0 Å². The van der Waals surface area contributed by atoms with Gasteiger partial charge in [0, 0.05) is 18.6 Å². The van der Waals surface area contributed by atoms with Crippen molar-refractivity contribution < 1.29 is 9.72 Å². The molecule has 0 bridgehead atoms. The Morgan fingerprint density at radius 1 is 1.05 bits per heavy atom. The molecular weight excluding hydrogens is 301 g/mol. The van der Waals surface area contributed by atoms with E-state index in [2.05, 4.69) is 0 Å². The zero-order valence-electron chi connectivity index (χ0n) is 10.2. The standard InChI is InChI=1S/C14H9Cl2NO3/c15-11-2-1-3-12(16)14(11)13(18)8-9-4-6-10(7-5-9)17(19)20/h1-7H,8H2. The highest BCUT2D eigenvalue weighted by Gasteiger charge is 2.15. The molecule has 0 unspecified atom stereocenters. The Kier molecular flexibility index (Phi) is 4.37. The van der Waals surface area contributed by atoms with Crippen LogP contribution >= 0.6 is 23.2 Å². The number of carbonyl (C=O) groups excluding carboxylic acids is 1. The normalized spacial score (nSPS) is 10.3. The van der Waals surface area contributed by atoms with Gasteiger partial charge in [-0.05, 0) is 17.7 Å². The van der Waals surface area contributed by atoms with E-state index in [-0.39, 0.29) is 23.5 Å². The molecule has 20 heavy (non-hydrogen) atoms. The van der Waals surface area contributed by atoms with Crippen molar-refractivity contribution in [3.8, 4) is 0 Å². The highest BCUT2D eigenvalue weighted by atomic mass is 35.5. The number of halogens is 2. The lowest BCUT2D eigenvalue weighted by atomic mass is 10.0. The smallest absolute Gasteiger partial charge is 0.269 e. The van der Waals surface area contributed by atoms with E-state index >= 15 is 0 Å². The molecule has 6 heteroatoms. The van der Waals surface area contributed by atoms with E-state index < -0.39 is 4.92 Å². The summed E-state index contributed by atoms with van der Waals surface area (Å²) >= 11 is 11.9. The lowest BCUT2D eigenvalue weighted by Gasteiger charge is -2.06. The monoisotopic (exact) mass is 309 g/mol. The summed E-state index contributed by atoms with van der Waals surface area (Å²) in [6, 6.07) is 10.6. The molecule has 0 N–H and O–H groups in total. The van der Waals surface area contributed by atoms with Crippen LogP contribution in [-0.4, -0.2) is 10.7 Å². The highest BCUT2D eigenvalue weighted by molar-refractivity contribution is 6.39. The average molecular weight is 310 g/mol. The second-order valence-corrected chi connectivity index (χ2v) is 4.93. The van der Waals surface area contributed by atoms with Crippen LogP contribution in [-0.2, 0) is 6.42 Å². The first kappa shape index (κ1) is 14.5. The Balaban J connectivity index is 2.21. The number of hydrogen-bond acceptors (Lipinski definition) is 3. The van der Waals surface area contributed by atoms with Crippen LogP contribution in [0.3, 0.4) is 0 Å². The van der Waals surface area contributed by atoms with Crippen molar-refractivity contribution in [2.45, 2.75) is 6.42 Å². The third-order valence-electron chi connectivity index (χ3n) is 2.75. The van der Waals surface area contributed by atoms with Gasteiger partial charge < -0.3 is 0 Å². The number of non-ortho nitro benzene ring substituents is 1. The van der Waals surface area contributed by atoms with Gasteiger partial charge in [0.05, 0.1) is 20.5 Å². The van der Waals surface area contributed by atoms with Crippen LogP contribution in [0.25, 0.3) is 0 Å². The number of nitro groups is 1. The Labute approximate surface area is 125 Å². The molecule has 2 aromatic rings. The van der Waals surface area contributed by atoms with Gasteiger partial charge >= 0.3 is 0 Å². The molecule has 2 aromatic carbocycles. The third kappa shape index (κ3) is 3.15. The fourth-order valence-electron chi connectivity index (χ4n) is 1.77. The molecule has 0 radical (unpaired) electrons. The number of hydrogen-bond donors (Lipinski definition) is 0. The van der Waals surface area contributed by atoms with Crippen LogP contribution in [0.5, 0.6) is 0 Å². The number of rotatable bonds is 4. The first-order valence-electron chi connectivity index (χ1n) is 5.69. The Morgan fingerprint density at radius 3 is 2.10 bits per heavy atom. The van der Waals surface area contributed by atoms with Crippen LogP contribution in [0.4, 0.5) is 5.69 Å². The molecule has 0 aromatic heterocycles. The minimum atomic E-state index is -0.490. The van der Waals surface area contributed by atoms with E-state index in [1.165, 1.54) is 12.1 Å². The average Bonchev–Trinajstić information content (AvgIpc) is 2.39. The van der Waals surface area contributed by atoms with Gasteiger partial charge in [-0.25, -0.2) is 0 Å². The SMILES string of the molecule is O=C(Cc1ccc([N+](=O)[O-])cc1)c1c(Cl)cccc1Cl. The molecule has 0 saturated carbocycles. The number of nitro benzene ring substituents is 1. The summed E-state index contributed by atoms with van der Waals surface area (Å²) in [7, 11) is 0. The number of ketones is 1. The molecule has 0 saturated heterocycles. The zero-order valence-corrected chi connectivity index (χ0v) is 11.7. The fourth-order valence-corrected chi connectivity index (χ4v) is 2.38. The van der Waals surface area contributed by atoms with Crippen LogP contribution in [0.1, 0.15) is 15.9 Å². The van der Waals surface area contributed by atoms with Crippen molar-refractivity contribution in [2.75, 3.05) is 0 Å². The molecule has 0 aliphatic rings. The van der Waals surface area contributed by atoms with Gasteiger partial charge in [0.25, 0.3) is 5.69 Å². The second-order valence-electron chi connectivity index (χ2n) is 4.12. The van der Waals surface area contributed by atoms with Gasteiger partial charge in [0.1, 0.15) is 0 Å². The fraction of sp³-hybridized carbons (Fsp3) is 0.0714. The van der Waals surface area contributed by atoms with Gasteiger partial charge in [-0.1, -0.05) is 41.4 Å². The lowest BCUT2D eigenvalue weighted by molar-refractivity contribution is -0.384. The second kappa shape index (κ2) is 6.03. The summed E-state index contributed by atoms with van der Waals surface area (Å²) in [5.41, 5.74) is 0.919. The maximum Gasteiger partial charge on any atom is 0.269 e. The molecule has 0 aliphatic carbocycles. The number of benzene rings is 2. The van der Waals surface area contributed by atoms with Crippen LogP contribution in [0.2, 0.25) is 10.0 Å². The summed E-state index contributed by atoms with van der Waals surface area (Å²) in [6.45, 7) is 0. The summed E-state index contributed by atoms with van der Waals surface area (Å²) < 4.78 is 0. The summed E-state index contributed by atoms with van der Waals surface area (Å²) in [6.07, 6.45) is 0.0848. The quantitative estimate of drug-likeness (QED) is 0.480. The van der Waals surface area contributed by atoms with Crippen LogP contribution in [0, 0.1) is 10.1 Å². The predicted molar refractivity (Wildman–Crippen MR) is 77.6 cm³/mol. The van der Waals surface area contributed by atoms with Crippen molar-refractivity contribution in [2.24, 2.45) is 0 Å². The molecule has 0 aliphatic heterocycles. The van der Waals surface area contributed by atoms with E-state index in [4.69, 9.17) is 23.2 Å². The molecular formula is C14H9Cl2NO3. The van der Waals surface area contributed by atoms with Gasteiger partial charge in [0.2, 0.25) is 0 Å². The topological polar surface area (TPSA) is 60.2 Å². The Bertz CT molecular complexity index is 648. The Morgan fingerprint density at radius 2 is 1.60 bits per heavy atom. The van der Waals surface area contributed by atoms with Gasteiger partial charge in [-0.2, -0.15) is 0 Å². The largest absolute Gasteiger partial charge is 0.294 e. The molecule has 2 rings (SSSR count). The maximum atomic E-state index is 12.2. The number of nitrogens with zero attached hydrogens (tertiary/aromatic N) is 1. The molecule has 0 heterocycles. The molecule has 4 nitrogen and oxygen atoms in total. The lowest BCUT2D eigenvalue weighted by Crippen LogP contribution is -2.05. The van der Waals surface area contributed by atoms with Gasteiger partial charge in [-0.15, -0.1) is 0 Å². The molecule has 0 spiro atoms. The molecule has 102 valence electrons. The zero-order chi connectivity index (χ0) is 14.7. The van der Waals surface area contributed by atoms with Crippen molar-refractivity contribution in [3.05, 3.63) is 73.8 Å². The Hall–Kier alpha value is -1.91.